The number of anilines is 1. The molecule has 6 rings (SSSR count). The highest BCUT2D eigenvalue weighted by Gasteiger charge is 2.65. The fraction of sp³-hybridized carbons (Fsp3) is 0.259. The third-order valence-corrected chi connectivity index (χ3v) is 7.48. The molecule has 7 heteroatoms. The summed E-state index contributed by atoms with van der Waals surface area (Å²) in [6.07, 6.45) is 0. The van der Waals surface area contributed by atoms with E-state index in [1.165, 1.54) is 18.2 Å². The molecule has 1 saturated heterocycles. The molecular formula is C27H23FN2O4. The normalized spacial score (nSPS) is 26.9. The molecule has 172 valence electrons. The Morgan fingerprint density at radius 2 is 1.88 bits per heavy atom. The van der Waals surface area contributed by atoms with Gasteiger partial charge in [-0.05, 0) is 48.9 Å². The molecule has 34 heavy (non-hydrogen) atoms. The van der Waals surface area contributed by atoms with Crippen LogP contribution in [0.4, 0.5) is 10.1 Å². The lowest BCUT2D eigenvalue weighted by Crippen LogP contribution is -2.54. The Morgan fingerprint density at radius 3 is 2.65 bits per heavy atom. The maximum Gasteiger partial charge on any atom is 0.257 e. The van der Waals surface area contributed by atoms with Crippen molar-refractivity contribution in [1.29, 1.82) is 0 Å². The zero-order valence-corrected chi connectivity index (χ0v) is 18.7. The smallest absolute Gasteiger partial charge is 0.257 e. The molecule has 2 amide bonds. The van der Waals surface area contributed by atoms with Crippen LogP contribution >= 0.6 is 0 Å². The van der Waals surface area contributed by atoms with E-state index < -0.39 is 17.4 Å². The third kappa shape index (κ3) is 2.73. The topological polar surface area (TPSA) is 67.9 Å². The number of ether oxygens (including phenoxy) is 2. The summed E-state index contributed by atoms with van der Waals surface area (Å²) >= 11 is 0. The summed E-state index contributed by atoms with van der Waals surface area (Å²) < 4.78 is 25.8. The van der Waals surface area contributed by atoms with E-state index in [2.05, 4.69) is 5.32 Å². The molecule has 0 radical (unpaired) electrons. The number of methoxy groups -OCH3 is 1. The summed E-state index contributed by atoms with van der Waals surface area (Å²) in [7, 11) is 1.58. The Bertz CT molecular complexity index is 1330. The van der Waals surface area contributed by atoms with Gasteiger partial charge < -0.3 is 19.7 Å². The van der Waals surface area contributed by atoms with Gasteiger partial charge in [0.15, 0.2) is 0 Å². The van der Waals surface area contributed by atoms with Crippen molar-refractivity contribution in [2.75, 3.05) is 19.0 Å². The molecule has 3 aliphatic rings. The second-order valence-electron chi connectivity index (χ2n) is 9.18. The largest absolute Gasteiger partial charge is 0.497 e. The summed E-state index contributed by atoms with van der Waals surface area (Å²) in [5.74, 6) is -0.494. The first kappa shape index (κ1) is 20.7. The number of carbonyl (C=O) groups excluding carboxylic acids is 2. The number of benzene rings is 3. The van der Waals surface area contributed by atoms with E-state index in [0.29, 0.717) is 23.8 Å². The highest BCUT2D eigenvalue weighted by Crippen LogP contribution is 2.60. The van der Waals surface area contributed by atoms with E-state index in [4.69, 9.17) is 9.47 Å². The van der Waals surface area contributed by atoms with Crippen LogP contribution in [0.1, 0.15) is 40.4 Å². The molecule has 1 fully saturated rings. The average molecular weight is 458 g/mol. The van der Waals surface area contributed by atoms with Gasteiger partial charge in [0, 0.05) is 17.4 Å². The molecule has 0 spiro atoms. The first-order chi connectivity index (χ1) is 16.4. The molecule has 3 aromatic rings. The van der Waals surface area contributed by atoms with E-state index in [1.807, 2.05) is 48.5 Å². The molecular weight excluding hydrogens is 435 g/mol. The molecule has 0 bridgehead atoms. The van der Waals surface area contributed by atoms with Gasteiger partial charge in [-0.1, -0.05) is 30.3 Å². The fourth-order valence-corrected chi connectivity index (χ4v) is 5.99. The number of halogens is 1. The molecule has 0 saturated carbocycles. The number of nitrogens with zero attached hydrogens (tertiary/aromatic N) is 1. The van der Waals surface area contributed by atoms with Gasteiger partial charge in [0.2, 0.25) is 0 Å². The number of hydrogen-bond donors (Lipinski definition) is 1. The van der Waals surface area contributed by atoms with Crippen molar-refractivity contribution in [3.8, 4) is 11.5 Å². The zero-order valence-electron chi connectivity index (χ0n) is 18.7. The Kier molecular flexibility index (Phi) is 4.46. The van der Waals surface area contributed by atoms with Crippen LogP contribution in [0.5, 0.6) is 11.5 Å². The number of carbonyl (C=O) groups is 2. The second kappa shape index (κ2) is 7.32. The molecule has 3 heterocycles. The molecule has 0 aromatic heterocycles. The van der Waals surface area contributed by atoms with Gasteiger partial charge in [-0.15, -0.1) is 0 Å². The van der Waals surface area contributed by atoms with Crippen LogP contribution in [0, 0.1) is 11.7 Å². The van der Waals surface area contributed by atoms with Crippen LogP contribution in [-0.4, -0.2) is 36.0 Å². The minimum absolute atomic E-state index is 0.139. The average Bonchev–Trinajstić information content (AvgIpc) is 3.10. The van der Waals surface area contributed by atoms with Gasteiger partial charge in [0.05, 0.1) is 31.0 Å². The van der Waals surface area contributed by atoms with Crippen LogP contribution in [0.15, 0.2) is 66.7 Å². The van der Waals surface area contributed by atoms with Gasteiger partial charge in [0.1, 0.15) is 22.9 Å². The summed E-state index contributed by atoms with van der Waals surface area (Å²) in [6, 6.07) is 18.7. The summed E-state index contributed by atoms with van der Waals surface area (Å²) in [5, 5.41) is 2.91. The van der Waals surface area contributed by atoms with E-state index >= 15 is 0 Å². The van der Waals surface area contributed by atoms with E-state index in [9.17, 15) is 14.0 Å². The van der Waals surface area contributed by atoms with Crippen LogP contribution in [0.2, 0.25) is 0 Å². The standard InChI is InChI=1S/C27H23FN2O4/c1-27-23(15-6-4-3-5-7-15)20-14-34-22-11-9-17(33-2)13-19(22)24(20)30(27)25(31)18-12-16(28)8-10-21(18)29-26(27)32/h3-13,20,23-24H,14H2,1-2H3,(H,29,32)/t20-,23+,24+,27-/m1/s1. The van der Waals surface area contributed by atoms with Crippen LogP contribution in [-0.2, 0) is 4.79 Å². The molecule has 0 unspecified atom stereocenters. The number of hydrogen-bond acceptors (Lipinski definition) is 4. The Morgan fingerprint density at radius 1 is 1.09 bits per heavy atom. The van der Waals surface area contributed by atoms with Crippen LogP contribution < -0.4 is 14.8 Å². The van der Waals surface area contributed by atoms with E-state index in [-0.39, 0.29) is 29.2 Å². The molecule has 3 aromatic carbocycles. The predicted molar refractivity (Wildman–Crippen MR) is 124 cm³/mol. The first-order valence-electron chi connectivity index (χ1n) is 11.2. The highest BCUT2D eigenvalue weighted by molar-refractivity contribution is 6.12. The van der Waals surface area contributed by atoms with Crippen molar-refractivity contribution in [3.63, 3.8) is 0 Å². The predicted octanol–water partition coefficient (Wildman–Crippen LogP) is 4.53. The third-order valence-electron chi connectivity index (χ3n) is 7.48. The minimum atomic E-state index is -1.24. The van der Waals surface area contributed by atoms with Crippen molar-refractivity contribution in [2.45, 2.75) is 24.4 Å². The number of amides is 2. The Hall–Kier alpha value is -3.87. The van der Waals surface area contributed by atoms with Gasteiger partial charge in [0.25, 0.3) is 11.8 Å². The summed E-state index contributed by atoms with van der Waals surface area (Å²) in [5.41, 5.74) is 0.935. The lowest BCUT2D eigenvalue weighted by molar-refractivity contribution is -0.125. The Balaban J connectivity index is 1.63. The lowest BCUT2D eigenvalue weighted by atomic mass is 9.73. The van der Waals surface area contributed by atoms with Crippen molar-refractivity contribution >= 4 is 17.5 Å². The summed E-state index contributed by atoms with van der Waals surface area (Å²) in [4.78, 5) is 29.7. The van der Waals surface area contributed by atoms with Crippen molar-refractivity contribution in [1.82, 2.24) is 4.90 Å². The molecule has 0 aliphatic carbocycles. The van der Waals surface area contributed by atoms with Gasteiger partial charge in [-0.25, -0.2) is 4.39 Å². The van der Waals surface area contributed by atoms with E-state index in [1.54, 1.807) is 18.9 Å². The number of fused-ring (bicyclic) bond motifs is 6. The lowest BCUT2D eigenvalue weighted by Gasteiger charge is -2.38. The summed E-state index contributed by atoms with van der Waals surface area (Å²) in [6.45, 7) is 2.14. The Labute approximate surface area is 196 Å². The SMILES string of the molecule is COc1ccc2c(c1)[C@H]1[C@H](CO2)[C@H](c2ccccc2)[C@]2(C)C(=O)Nc3ccc(F)cc3C(=O)N12. The quantitative estimate of drug-likeness (QED) is 0.613. The fourth-order valence-electron chi connectivity index (χ4n) is 5.99. The molecule has 6 nitrogen and oxygen atoms in total. The van der Waals surface area contributed by atoms with Gasteiger partial charge in [-0.2, -0.15) is 0 Å². The molecule has 4 atom stereocenters. The first-order valence-corrected chi connectivity index (χ1v) is 11.2. The monoisotopic (exact) mass is 458 g/mol. The highest BCUT2D eigenvalue weighted by atomic mass is 19.1. The maximum absolute atomic E-state index is 14.2. The van der Waals surface area contributed by atoms with Gasteiger partial charge in [-0.3, -0.25) is 9.59 Å². The van der Waals surface area contributed by atoms with Crippen LogP contribution in [0.25, 0.3) is 0 Å². The zero-order chi connectivity index (χ0) is 23.6. The molecule has 3 aliphatic heterocycles. The number of rotatable bonds is 2. The van der Waals surface area contributed by atoms with Crippen LogP contribution in [0.3, 0.4) is 0 Å². The van der Waals surface area contributed by atoms with Crippen molar-refractivity contribution in [3.05, 3.63) is 89.2 Å². The minimum Gasteiger partial charge on any atom is -0.497 e. The molecule has 1 N–H and O–H groups in total. The second-order valence-corrected chi connectivity index (χ2v) is 9.18. The van der Waals surface area contributed by atoms with Crippen molar-refractivity contribution in [2.24, 2.45) is 5.92 Å². The van der Waals surface area contributed by atoms with Gasteiger partial charge >= 0.3 is 0 Å². The maximum atomic E-state index is 14.2. The number of nitrogens with one attached hydrogen (secondary N) is 1. The van der Waals surface area contributed by atoms with Crippen molar-refractivity contribution < 1.29 is 23.5 Å². The van der Waals surface area contributed by atoms with E-state index in [0.717, 1.165) is 11.1 Å².